The zero-order valence-electron chi connectivity index (χ0n) is 12.4. The molecular formula is C15H26N2S2. The van der Waals surface area contributed by atoms with Gasteiger partial charge in [0.1, 0.15) is 0 Å². The molecule has 2 rings (SSSR count). The summed E-state index contributed by atoms with van der Waals surface area (Å²) in [5.74, 6) is 3.28. The molecule has 0 saturated heterocycles. The number of thiophene rings is 1. The van der Waals surface area contributed by atoms with Crippen LogP contribution >= 0.6 is 23.1 Å². The molecule has 0 atom stereocenters. The number of fused-ring (bicyclic) bond motifs is 1. The van der Waals surface area contributed by atoms with Crippen molar-refractivity contribution < 1.29 is 0 Å². The van der Waals surface area contributed by atoms with Crippen molar-refractivity contribution in [1.29, 1.82) is 0 Å². The van der Waals surface area contributed by atoms with Gasteiger partial charge in [-0.25, -0.2) is 0 Å². The first-order valence-electron chi connectivity index (χ1n) is 7.22. The number of hydrogen-bond acceptors (Lipinski definition) is 4. The van der Waals surface area contributed by atoms with Gasteiger partial charge in [0.15, 0.2) is 0 Å². The molecule has 2 nitrogen and oxygen atoms in total. The molecule has 1 aliphatic rings. The number of hydrogen-bond donors (Lipinski definition) is 1. The van der Waals surface area contributed by atoms with Gasteiger partial charge in [0.05, 0.1) is 0 Å². The highest BCUT2D eigenvalue weighted by molar-refractivity contribution is 7.98. The highest BCUT2D eigenvalue weighted by Crippen LogP contribution is 2.32. The van der Waals surface area contributed by atoms with E-state index < -0.39 is 0 Å². The standard InChI is InChI=1S/C15H26N2S2/c1-12(2)9-16-5-6-17(3)10-14-8-13-11-18-7-4-15(13)19-14/h8,12,16H,4-7,9-11H2,1-3H3. The Kier molecular flexibility index (Phi) is 6.20. The van der Waals surface area contributed by atoms with E-state index in [1.54, 1.807) is 15.3 Å². The summed E-state index contributed by atoms with van der Waals surface area (Å²) in [5, 5.41) is 3.51. The Labute approximate surface area is 126 Å². The molecule has 0 amide bonds. The largest absolute Gasteiger partial charge is 0.315 e. The first kappa shape index (κ1) is 15.4. The first-order valence-corrected chi connectivity index (χ1v) is 9.19. The van der Waals surface area contributed by atoms with Gasteiger partial charge in [0.2, 0.25) is 0 Å². The maximum atomic E-state index is 3.51. The molecule has 0 unspecified atom stereocenters. The van der Waals surface area contributed by atoms with Gasteiger partial charge in [-0.05, 0) is 43.3 Å². The van der Waals surface area contributed by atoms with Gasteiger partial charge in [-0.1, -0.05) is 13.8 Å². The predicted octanol–water partition coefficient (Wildman–Crippen LogP) is 3.21. The fraction of sp³-hybridized carbons (Fsp3) is 0.733. The Hall–Kier alpha value is -0.0300. The fourth-order valence-electron chi connectivity index (χ4n) is 2.29. The predicted molar refractivity (Wildman–Crippen MR) is 88.2 cm³/mol. The molecule has 0 saturated carbocycles. The van der Waals surface area contributed by atoms with Crippen molar-refractivity contribution in [2.75, 3.05) is 32.4 Å². The van der Waals surface area contributed by atoms with Crippen molar-refractivity contribution in [2.45, 2.75) is 32.6 Å². The van der Waals surface area contributed by atoms with Crippen LogP contribution < -0.4 is 5.32 Å². The summed E-state index contributed by atoms with van der Waals surface area (Å²) in [6.07, 6.45) is 1.28. The first-order chi connectivity index (χ1) is 9.15. The van der Waals surface area contributed by atoms with Crippen LogP contribution in [0.25, 0.3) is 0 Å². The molecule has 4 heteroatoms. The number of aryl methyl sites for hydroxylation is 1. The lowest BCUT2D eigenvalue weighted by Crippen LogP contribution is -2.30. The summed E-state index contributed by atoms with van der Waals surface area (Å²) < 4.78 is 0. The van der Waals surface area contributed by atoms with Crippen molar-refractivity contribution in [3.63, 3.8) is 0 Å². The summed E-state index contributed by atoms with van der Waals surface area (Å²) in [6.45, 7) is 8.96. The van der Waals surface area contributed by atoms with Gasteiger partial charge in [0, 0.05) is 35.1 Å². The van der Waals surface area contributed by atoms with Crippen LogP contribution in [0.5, 0.6) is 0 Å². The Morgan fingerprint density at radius 3 is 3.00 bits per heavy atom. The van der Waals surface area contributed by atoms with E-state index in [2.05, 4.69) is 48.9 Å². The van der Waals surface area contributed by atoms with Crippen molar-refractivity contribution in [3.8, 4) is 0 Å². The average Bonchev–Trinajstić information content (AvgIpc) is 2.76. The topological polar surface area (TPSA) is 15.3 Å². The maximum absolute atomic E-state index is 3.51. The van der Waals surface area contributed by atoms with Gasteiger partial charge in [-0.3, -0.25) is 0 Å². The summed E-state index contributed by atoms with van der Waals surface area (Å²) in [5.41, 5.74) is 1.60. The molecule has 0 spiro atoms. The molecular weight excluding hydrogens is 272 g/mol. The molecule has 0 radical (unpaired) electrons. The van der Waals surface area contributed by atoms with Gasteiger partial charge in [0.25, 0.3) is 0 Å². The third kappa shape index (κ3) is 5.10. The number of thioether (sulfide) groups is 1. The summed E-state index contributed by atoms with van der Waals surface area (Å²) >= 11 is 4.10. The van der Waals surface area contributed by atoms with Crippen LogP contribution in [0.3, 0.4) is 0 Å². The molecule has 1 aromatic rings. The third-order valence-electron chi connectivity index (χ3n) is 3.33. The maximum Gasteiger partial charge on any atom is 0.0325 e. The molecule has 1 aromatic heterocycles. The number of nitrogens with zero attached hydrogens (tertiary/aromatic N) is 1. The molecule has 108 valence electrons. The van der Waals surface area contributed by atoms with E-state index in [9.17, 15) is 0 Å². The summed E-state index contributed by atoms with van der Waals surface area (Å²) in [4.78, 5) is 5.61. The fourth-order valence-corrected chi connectivity index (χ4v) is 4.75. The van der Waals surface area contributed by atoms with Gasteiger partial charge in [-0.2, -0.15) is 11.8 Å². The summed E-state index contributed by atoms with van der Waals surface area (Å²) in [6, 6.07) is 2.43. The SMILES string of the molecule is CC(C)CNCCN(C)Cc1cc2c(s1)CCSC2. The van der Waals surface area contributed by atoms with Gasteiger partial charge < -0.3 is 10.2 Å². The smallest absolute Gasteiger partial charge is 0.0325 e. The van der Waals surface area contributed by atoms with E-state index in [1.807, 2.05) is 11.3 Å². The normalized spacial score (nSPS) is 15.2. The second-order valence-electron chi connectivity index (χ2n) is 5.80. The lowest BCUT2D eigenvalue weighted by Gasteiger charge is -2.16. The third-order valence-corrected chi connectivity index (χ3v) is 5.56. The van der Waals surface area contributed by atoms with Crippen LogP contribution in [0.1, 0.15) is 29.2 Å². The monoisotopic (exact) mass is 298 g/mol. The minimum Gasteiger partial charge on any atom is -0.315 e. The molecule has 0 aromatic carbocycles. The second kappa shape index (κ2) is 7.67. The highest BCUT2D eigenvalue weighted by Gasteiger charge is 2.14. The second-order valence-corrected chi connectivity index (χ2v) is 8.13. The highest BCUT2D eigenvalue weighted by atomic mass is 32.2. The molecule has 0 fully saturated rings. The van der Waals surface area contributed by atoms with Crippen LogP contribution in [0.4, 0.5) is 0 Å². The zero-order chi connectivity index (χ0) is 13.7. The van der Waals surface area contributed by atoms with Gasteiger partial charge >= 0.3 is 0 Å². The number of nitrogens with one attached hydrogen (secondary N) is 1. The minimum absolute atomic E-state index is 0.742. The van der Waals surface area contributed by atoms with E-state index in [1.165, 1.54) is 17.9 Å². The van der Waals surface area contributed by atoms with Crippen molar-refractivity contribution in [1.82, 2.24) is 10.2 Å². The molecule has 1 aliphatic heterocycles. The van der Waals surface area contributed by atoms with E-state index >= 15 is 0 Å². The molecule has 19 heavy (non-hydrogen) atoms. The Morgan fingerprint density at radius 2 is 2.26 bits per heavy atom. The van der Waals surface area contributed by atoms with Crippen molar-refractivity contribution >= 4 is 23.1 Å². The Bertz CT molecular complexity index is 364. The quantitative estimate of drug-likeness (QED) is 0.778. The van der Waals surface area contributed by atoms with Crippen molar-refractivity contribution in [3.05, 3.63) is 21.4 Å². The zero-order valence-corrected chi connectivity index (χ0v) is 14.0. The molecule has 2 heterocycles. The number of rotatable bonds is 7. The van der Waals surface area contributed by atoms with E-state index in [0.717, 1.165) is 32.1 Å². The van der Waals surface area contributed by atoms with Crippen molar-refractivity contribution in [2.24, 2.45) is 5.92 Å². The van der Waals surface area contributed by atoms with Crippen LogP contribution in [-0.4, -0.2) is 37.3 Å². The van der Waals surface area contributed by atoms with Crippen LogP contribution in [0, 0.1) is 5.92 Å². The summed E-state index contributed by atoms with van der Waals surface area (Å²) in [7, 11) is 2.23. The molecule has 0 bridgehead atoms. The average molecular weight is 299 g/mol. The molecule has 1 N–H and O–H groups in total. The minimum atomic E-state index is 0.742. The van der Waals surface area contributed by atoms with E-state index in [4.69, 9.17) is 0 Å². The lowest BCUT2D eigenvalue weighted by atomic mass is 10.2. The lowest BCUT2D eigenvalue weighted by molar-refractivity contribution is 0.324. The number of likely N-dealkylation sites (N-methyl/N-ethyl adjacent to an activating group) is 1. The van der Waals surface area contributed by atoms with E-state index in [0.29, 0.717) is 0 Å². The Morgan fingerprint density at radius 1 is 1.42 bits per heavy atom. The Balaban J connectivity index is 1.72. The van der Waals surface area contributed by atoms with Crippen LogP contribution in [0.2, 0.25) is 0 Å². The van der Waals surface area contributed by atoms with Crippen LogP contribution in [0.15, 0.2) is 6.07 Å². The van der Waals surface area contributed by atoms with E-state index in [-0.39, 0.29) is 0 Å². The molecule has 0 aliphatic carbocycles. The van der Waals surface area contributed by atoms with Gasteiger partial charge in [-0.15, -0.1) is 11.3 Å². The van der Waals surface area contributed by atoms with Crippen LogP contribution in [-0.2, 0) is 18.7 Å².